The summed E-state index contributed by atoms with van der Waals surface area (Å²) in [5, 5.41) is 19.0. The quantitative estimate of drug-likeness (QED) is 0.667. The number of phenolic OH excluding ortho intramolecular Hbond substituents is 1. The van der Waals surface area contributed by atoms with Gasteiger partial charge in [0.05, 0.1) is 5.02 Å². The molecule has 6 heteroatoms. The molecule has 0 atom stereocenters. The zero-order valence-corrected chi connectivity index (χ0v) is 14.9. The van der Waals surface area contributed by atoms with Gasteiger partial charge < -0.3 is 14.9 Å². The number of nitriles is 1. The van der Waals surface area contributed by atoms with Gasteiger partial charge in [-0.3, -0.25) is 4.79 Å². The molecule has 0 unspecified atom stereocenters. The van der Waals surface area contributed by atoms with Crippen molar-refractivity contribution in [3.8, 4) is 11.8 Å². The van der Waals surface area contributed by atoms with Crippen molar-refractivity contribution >= 4 is 29.3 Å². The summed E-state index contributed by atoms with van der Waals surface area (Å²) in [6, 6.07) is 16.6. The van der Waals surface area contributed by atoms with Crippen molar-refractivity contribution in [2.75, 3.05) is 31.1 Å². The third-order valence-electron chi connectivity index (χ3n) is 4.32. The van der Waals surface area contributed by atoms with Crippen LogP contribution in [0.25, 0.3) is 6.08 Å². The maximum atomic E-state index is 12.7. The van der Waals surface area contributed by atoms with E-state index >= 15 is 0 Å². The number of aromatic hydroxyl groups is 1. The van der Waals surface area contributed by atoms with Crippen molar-refractivity contribution in [2.45, 2.75) is 0 Å². The molecule has 1 saturated heterocycles. The first-order valence-corrected chi connectivity index (χ1v) is 8.66. The predicted molar refractivity (Wildman–Crippen MR) is 102 cm³/mol. The number of benzene rings is 2. The fourth-order valence-corrected chi connectivity index (χ4v) is 3.09. The van der Waals surface area contributed by atoms with E-state index in [-0.39, 0.29) is 22.3 Å². The second-order valence-electron chi connectivity index (χ2n) is 6.00. The van der Waals surface area contributed by atoms with Gasteiger partial charge in [-0.2, -0.15) is 5.26 Å². The van der Waals surface area contributed by atoms with Crippen LogP contribution >= 0.6 is 11.6 Å². The van der Waals surface area contributed by atoms with Gasteiger partial charge in [0.25, 0.3) is 5.91 Å². The smallest absolute Gasteiger partial charge is 0.264 e. The second-order valence-corrected chi connectivity index (χ2v) is 6.40. The lowest BCUT2D eigenvalue weighted by atomic mass is 10.1. The normalized spacial score (nSPS) is 14.8. The van der Waals surface area contributed by atoms with Crippen LogP contribution in [0.1, 0.15) is 5.56 Å². The molecule has 2 aromatic carbocycles. The Kier molecular flexibility index (Phi) is 5.45. The Balaban J connectivity index is 1.69. The summed E-state index contributed by atoms with van der Waals surface area (Å²) >= 11 is 5.88. The van der Waals surface area contributed by atoms with Crippen molar-refractivity contribution in [3.05, 3.63) is 64.7 Å². The molecule has 1 heterocycles. The van der Waals surface area contributed by atoms with E-state index in [0.29, 0.717) is 18.7 Å². The molecule has 0 bridgehead atoms. The molecule has 132 valence electrons. The SMILES string of the molecule is N#C/C(=C/c1ccc(O)c(Cl)c1)C(=O)N1CCN(c2ccccc2)CC1. The van der Waals surface area contributed by atoms with Gasteiger partial charge in [-0.1, -0.05) is 35.9 Å². The van der Waals surface area contributed by atoms with Crippen molar-refractivity contribution in [3.63, 3.8) is 0 Å². The van der Waals surface area contributed by atoms with E-state index in [0.717, 1.165) is 18.8 Å². The number of amides is 1. The van der Waals surface area contributed by atoms with Crippen LogP contribution in [0.4, 0.5) is 5.69 Å². The van der Waals surface area contributed by atoms with Gasteiger partial charge in [0, 0.05) is 31.9 Å². The van der Waals surface area contributed by atoms with Crippen molar-refractivity contribution in [1.82, 2.24) is 4.90 Å². The molecule has 1 fully saturated rings. The number of anilines is 1. The average molecular weight is 368 g/mol. The summed E-state index contributed by atoms with van der Waals surface area (Å²) in [6.07, 6.45) is 1.50. The van der Waals surface area contributed by atoms with Crippen LogP contribution in [0.5, 0.6) is 5.75 Å². The summed E-state index contributed by atoms with van der Waals surface area (Å²) in [6.45, 7) is 2.56. The monoisotopic (exact) mass is 367 g/mol. The molecular weight excluding hydrogens is 350 g/mol. The fraction of sp³-hybridized carbons (Fsp3) is 0.200. The first-order valence-electron chi connectivity index (χ1n) is 8.28. The van der Waals surface area contributed by atoms with E-state index < -0.39 is 0 Å². The molecule has 1 N–H and O–H groups in total. The lowest BCUT2D eigenvalue weighted by Crippen LogP contribution is -2.49. The Morgan fingerprint density at radius 2 is 1.81 bits per heavy atom. The molecule has 5 nitrogen and oxygen atoms in total. The zero-order chi connectivity index (χ0) is 18.5. The summed E-state index contributed by atoms with van der Waals surface area (Å²) < 4.78 is 0. The lowest BCUT2D eigenvalue weighted by molar-refractivity contribution is -0.126. The van der Waals surface area contributed by atoms with Crippen molar-refractivity contribution in [1.29, 1.82) is 5.26 Å². The highest BCUT2D eigenvalue weighted by atomic mass is 35.5. The number of carbonyl (C=O) groups is 1. The van der Waals surface area contributed by atoms with E-state index in [9.17, 15) is 15.2 Å². The highest BCUT2D eigenvalue weighted by Crippen LogP contribution is 2.25. The number of phenols is 1. The van der Waals surface area contributed by atoms with Gasteiger partial charge >= 0.3 is 0 Å². The lowest BCUT2D eigenvalue weighted by Gasteiger charge is -2.36. The number of hydrogen-bond donors (Lipinski definition) is 1. The molecule has 2 aromatic rings. The van der Waals surface area contributed by atoms with E-state index in [1.807, 2.05) is 36.4 Å². The van der Waals surface area contributed by atoms with Gasteiger partial charge in [0.15, 0.2) is 0 Å². The second kappa shape index (κ2) is 7.94. The van der Waals surface area contributed by atoms with Crippen molar-refractivity contribution in [2.24, 2.45) is 0 Å². The maximum absolute atomic E-state index is 12.7. The summed E-state index contributed by atoms with van der Waals surface area (Å²) in [4.78, 5) is 16.6. The van der Waals surface area contributed by atoms with Crippen LogP contribution in [0.2, 0.25) is 5.02 Å². The minimum absolute atomic E-state index is 0.0364. The highest BCUT2D eigenvalue weighted by molar-refractivity contribution is 6.32. The van der Waals surface area contributed by atoms with Crippen molar-refractivity contribution < 1.29 is 9.90 Å². The Bertz CT molecular complexity index is 866. The van der Waals surface area contributed by atoms with Gasteiger partial charge in [-0.05, 0) is 35.9 Å². The van der Waals surface area contributed by atoms with Gasteiger partial charge in [-0.15, -0.1) is 0 Å². The largest absolute Gasteiger partial charge is 0.506 e. The number of piperazine rings is 1. The molecule has 1 aliphatic rings. The van der Waals surface area contributed by atoms with E-state index in [1.54, 1.807) is 11.0 Å². The molecule has 3 rings (SSSR count). The number of nitrogens with zero attached hydrogens (tertiary/aromatic N) is 3. The van der Waals surface area contributed by atoms with Gasteiger partial charge in [0.1, 0.15) is 17.4 Å². The predicted octanol–water partition coefficient (Wildman–Crippen LogP) is 3.30. The van der Waals surface area contributed by atoms with Crippen LogP contribution in [0.3, 0.4) is 0 Å². The fourth-order valence-electron chi connectivity index (χ4n) is 2.90. The molecule has 26 heavy (non-hydrogen) atoms. The van der Waals surface area contributed by atoms with Crippen LogP contribution < -0.4 is 4.90 Å². The third kappa shape index (κ3) is 3.98. The Morgan fingerprint density at radius 3 is 2.42 bits per heavy atom. The van der Waals surface area contributed by atoms with E-state index in [2.05, 4.69) is 4.90 Å². The van der Waals surface area contributed by atoms with Crippen LogP contribution in [-0.4, -0.2) is 42.1 Å². The summed E-state index contributed by atoms with van der Waals surface area (Å²) in [5.41, 5.74) is 1.79. The Morgan fingerprint density at radius 1 is 1.12 bits per heavy atom. The van der Waals surface area contributed by atoms with E-state index in [1.165, 1.54) is 18.2 Å². The van der Waals surface area contributed by atoms with Gasteiger partial charge in [0.2, 0.25) is 0 Å². The number of hydrogen-bond acceptors (Lipinski definition) is 4. The minimum atomic E-state index is -0.288. The molecular formula is C20H18ClN3O2. The molecule has 0 saturated carbocycles. The highest BCUT2D eigenvalue weighted by Gasteiger charge is 2.23. The Labute approximate surface area is 157 Å². The number of carbonyl (C=O) groups excluding carboxylic acids is 1. The first kappa shape index (κ1) is 17.8. The molecule has 1 amide bonds. The number of para-hydroxylation sites is 1. The topological polar surface area (TPSA) is 67.6 Å². The Hall–Kier alpha value is -2.97. The third-order valence-corrected chi connectivity index (χ3v) is 4.62. The molecule has 0 radical (unpaired) electrons. The summed E-state index contributed by atoms with van der Waals surface area (Å²) in [5.74, 6) is -0.324. The maximum Gasteiger partial charge on any atom is 0.264 e. The van der Waals surface area contributed by atoms with Crippen LogP contribution in [0.15, 0.2) is 54.1 Å². The standard InChI is InChI=1S/C20H18ClN3O2/c21-18-13-15(6-7-19(18)25)12-16(14-22)20(26)24-10-8-23(9-11-24)17-4-2-1-3-5-17/h1-7,12-13,25H,8-11H2/b16-12-. The molecule has 1 aliphatic heterocycles. The van der Waals surface area contributed by atoms with Crippen LogP contribution in [0, 0.1) is 11.3 Å². The number of rotatable bonds is 3. The molecule has 0 aliphatic carbocycles. The van der Waals surface area contributed by atoms with Gasteiger partial charge in [-0.25, -0.2) is 0 Å². The molecule has 0 spiro atoms. The first-order chi connectivity index (χ1) is 12.6. The zero-order valence-electron chi connectivity index (χ0n) is 14.1. The van der Waals surface area contributed by atoms with E-state index in [4.69, 9.17) is 11.6 Å². The summed E-state index contributed by atoms with van der Waals surface area (Å²) in [7, 11) is 0. The van der Waals surface area contributed by atoms with Crippen LogP contribution in [-0.2, 0) is 4.79 Å². The average Bonchev–Trinajstić information content (AvgIpc) is 2.69. The molecule has 0 aromatic heterocycles. The number of halogens is 1. The minimum Gasteiger partial charge on any atom is -0.506 e.